The van der Waals surface area contributed by atoms with E-state index in [0.717, 1.165) is 19.3 Å². The first-order valence-electron chi connectivity index (χ1n) is 7.10. The van der Waals surface area contributed by atoms with Gasteiger partial charge in [-0.05, 0) is 51.2 Å². The van der Waals surface area contributed by atoms with Crippen LogP contribution >= 0.6 is 0 Å². The maximum absolute atomic E-state index is 11.7. The first-order chi connectivity index (χ1) is 9.59. The van der Waals surface area contributed by atoms with E-state index in [2.05, 4.69) is 37.4 Å². The minimum atomic E-state index is -0.168. The molecule has 0 saturated carbocycles. The lowest BCUT2D eigenvalue weighted by Gasteiger charge is -2.06. The van der Waals surface area contributed by atoms with Crippen molar-refractivity contribution in [2.75, 3.05) is 0 Å². The molecule has 1 N–H and O–H groups in total. The van der Waals surface area contributed by atoms with Gasteiger partial charge in [0.2, 0.25) is 0 Å². The van der Waals surface area contributed by atoms with E-state index in [0.29, 0.717) is 11.5 Å². The maximum Gasteiger partial charge on any atom is 0.271 e. The van der Waals surface area contributed by atoms with Gasteiger partial charge in [0.05, 0.1) is 0 Å². The molecule has 0 heterocycles. The molecule has 0 aliphatic carbocycles. The van der Waals surface area contributed by atoms with Gasteiger partial charge in [-0.2, -0.15) is 5.10 Å². The third-order valence-electron chi connectivity index (χ3n) is 3.01. The number of carbonyl (C=O) groups is 1. The number of allylic oxidation sites excluding steroid dienone is 2. The van der Waals surface area contributed by atoms with Gasteiger partial charge in [0, 0.05) is 11.8 Å². The van der Waals surface area contributed by atoms with Gasteiger partial charge >= 0.3 is 0 Å². The molecule has 0 aliphatic rings. The van der Waals surface area contributed by atoms with E-state index < -0.39 is 0 Å². The minimum Gasteiger partial charge on any atom is -0.267 e. The average molecular weight is 272 g/mol. The van der Waals surface area contributed by atoms with Crippen molar-refractivity contribution in [2.24, 2.45) is 11.0 Å². The Morgan fingerprint density at radius 3 is 2.65 bits per heavy atom. The zero-order chi connectivity index (χ0) is 14.8. The van der Waals surface area contributed by atoms with Crippen molar-refractivity contribution >= 4 is 12.1 Å². The monoisotopic (exact) mass is 272 g/mol. The first kappa shape index (κ1) is 16.2. The molecule has 0 saturated heterocycles. The minimum absolute atomic E-state index is 0.168. The molecular formula is C17H24N2O. The van der Waals surface area contributed by atoms with Gasteiger partial charge < -0.3 is 0 Å². The van der Waals surface area contributed by atoms with Crippen LogP contribution in [0.4, 0.5) is 0 Å². The molecule has 20 heavy (non-hydrogen) atoms. The van der Waals surface area contributed by atoms with E-state index in [9.17, 15) is 4.79 Å². The van der Waals surface area contributed by atoms with Crippen molar-refractivity contribution in [3.05, 3.63) is 47.5 Å². The summed E-state index contributed by atoms with van der Waals surface area (Å²) in [5.74, 6) is 0.405. The highest BCUT2D eigenvalue weighted by Crippen LogP contribution is 2.10. The highest BCUT2D eigenvalue weighted by atomic mass is 16.2. The van der Waals surface area contributed by atoms with Crippen LogP contribution < -0.4 is 5.43 Å². The smallest absolute Gasteiger partial charge is 0.267 e. The van der Waals surface area contributed by atoms with E-state index in [1.54, 1.807) is 18.3 Å². The Morgan fingerprint density at radius 2 is 2.00 bits per heavy atom. The van der Waals surface area contributed by atoms with Gasteiger partial charge in [-0.15, -0.1) is 0 Å². The van der Waals surface area contributed by atoms with Gasteiger partial charge in [-0.3, -0.25) is 4.79 Å². The summed E-state index contributed by atoms with van der Waals surface area (Å²) in [6, 6.07) is 9.10. The fraction of sp³-hybridized carbons (Fsp3) is 0.412. The molecule has 1 aromatic rings. The lowest BCUT2D eigenvalue weighted by atomic mass is 10.0. The Kier molecular flexibility index (Phi) is 7.33. The predicted molar refractivity (Wildman–Crippen MR) is 84.8 cm³/mol. The van der Waals surface area contributed by atoms with Gasteiger partial charge in [0.1, 0.15) is 0 Å². The van der Waals surface area contributed by atoms with Gasteiger partial charge in [0.25, 0.3) is 5.91 Å². The molecular weight excluding hydrogens is 248 g/mol. The molecule has 0 radical (unpaired) electrons. The molecule has 3 heteroatoms. The number of hydrogen-bond acceptors (Lipinski definition) is 2. The topological polar surface area (TPSA) is 41.5 Å². The fourth-order valence-electron chi connectivity index (χ4n) is 1.77. The number of amides is 1. The van der Waals surface area contributed by atoms with E-state index in [1.165, 1.54) is 5.57 Å². The zero-order valence-electron chi connectivity index (χ0n) is 12.6. The second-order valence-corrected chi connectivity index (χ2v) is 5.32. The Hall–Kier alpha value is -1.90. The third-order valence-corrected chi connectivity index (χ3v) is 3.01. The van der Waals surface area contributed by atoms with Gasteiger partial charge in [-0.1, -0.05) is 36.8 Å². The number of hydrogen-bond donors (Lipinski definition) is 1. The molecule has 3 nitrogen and oxygen atoms in total. The zero-order valence-corrected chi connectivity index (χ0v) is 12.6. The number of hydrazone groups is 1. The standard InChI is InChI=1S/C17H24N2O/c1-14(2)8-7-9-15(3)12-13-18-19-17(20)16-10-5-4-6-11-16/h4-6,8,10-11,13,15H,7,9,12H2,1-3H3,(H,19,20)/b18-13+. The van der Waals surface area contributed by atoms with Crippen LogP contribution in [0.2, 0.25) is 0 Å². The number of rotatable bonds is 7. The quantitative estimate of drug-likeness (QED) is 0.451. The van der Waals surface area contributed by atoms with E-state index in [4.69, 9.17) is 0 Å². The van der Waals surface area contributed by atoms with Crippen molar-refractivity contribution in [3.8, 4) is 0 Å². The van der Waals surface area contributed by atoms with Crippen molar-refractivity contribution in [2.45, 2.75) is 40.0 Å². The van der Waals surface area contributed by atoms with Crippen LogP contribution in [0.15, 0.2) is 47.1 Å². The van der Waals surface area contributed by atoms with E-state index in [1.807, 2.05) is 18.2 Å². The Bertz CT molecular complexity index is 459. The molecule has 1 rings (SSSR count). The summed E-state index contributed by atoms with van der Waals surface area (Å²) >= 11 is 0. The van der Waals surface area contributed by atoms with Gasteiger partial charge in [0.15, 0.2) is 0 Å². The number of nitrogens with zero attached hydrogens (tertiary/aromatic N) is 1. The normalized spacial score (nSPS) is 12.2. The number of benzene rings is 1. The predicted octanol–water partition coefficient (Wildman–Crippen LogP) is 4.17. The maximum atomic E-state index is 11.7. The lowest BCUT2D eigenvalue weighted by molar-refractivity contribution is 0.0955. The molecule has 1 unspecified atom stereocenters. The number of nitrogens with one attached hydrogen (secondary N) is 1. The highest BCUT2D eigenvalue weighted by Gasteiger charge is 2.02. The van der Waals surface area contributed by atoms with E-state index in [-0.39, 0.29) is 5.91 Å². The Morgan fingerprint density at radius 1 is 1.30 bits per heavy atom. The van der Waals surface area contributed by atoms with Crippen molar-refractivity contribution in [1.29, 1.82) is 0 Å². The highest BCUT2D eigenvalue weighted by molar-refractivity contribution is 5.94. The summed E-state index contributed by atoms with van der Waals surface area (Å²) in [4.78, 5) is 11.7. The van der Waals surface area contributed by atoms with Crippen molar-refractivity contribution in [1.82, 2.24) is 5.43 Å². The van der Waals surface area contributed by atoms with Gasteiger partial charge in [-0.25, -0.2) is 5.43 Å². The molecule has 1 atom stereocenters. The summed E-state index contributed by atoms with van der Waals surface area (Å²) in [6.07, 6.45) is 7.17. The SMILES string of the molecule is CC(C)=CCCC(C)C/C=N/NC(=O)c1ccccc1. The van der Waals surface area contributed by atoms with Crippen LogP contribution in [-0.2, 0) is 0 Å². The van der Waals surface area contributed by atoms with Crippen LogP contribution in [0, 0.1) is 5.92 Å². The average Bonchev–Trinajstić information content (AvgIpc) is 2.44. The van der Waals surface area contributed by atoms with E-state index >= 15 is 0 Å². The second kappa shape index (κ2) is 9.08. The molecule has 0 aliphatic heterocycles. The van der Waals surface area contributed by atoms with Crippen LogP contribution in [0.25, 0.3) is 0 Å². The molecule has 0 aromatic heterocycles. The molecule has 0 fully saturated rings. The summed E-state index contributed by atoms with van der Waals surface area (Å²) in [6.45, 7) is 6.43. The third kappa shape index (κ3) is 6.88. The number of carbonyl (C=O) groups excluding carboxylic acids is 1. The summed E-state index contributed by atoms with van der Waals surface area (Å²) in [5, 5.41) is 3.99. The molecule has 108 valence electrons. The van der Waals surface area contributed by atoms with Crippen LogP contribution in [0.5, 0.6) is 0 Å². The summed E-state index contributed by atoms with van der Waals surface area (Å²) in [7, 11) is 0. The molecule has 0 spiro atoms. The van der Waals surface area contributed by atoms with Crippen molar-refractivity contribution < 1.29 is 4.79 Å². The fourth-order valence-corrected chi connectivity index (χ4v) is 1.77. The first-order valence-corrected chi connectivity index (χ1v) is 7.10. The molecule has 1 amide bonds. The largest absolute Gasteiger partial charge is 0.271 e. The van der Waals surface area contributed by atoms with Crippen molar-refractivity contribution in [3.63, 3.8) is 0 Å². The van der Waals surface area contributed by atoms with Crippen LogP contribution in [0.1, 0.15) is 50.4 Å². The van der Waals surface area contributed by atoms with Crippen LogP contribution in [-0.4, -0.2) is 12.1 Å². The Labute approximate surface area is 121 Å². The Balaban J connectivity index is 2.25. The lowest BCUT2D eigenvalue weighted by Crippen LogP contribution is -2.17. The molecule has 1 aromatic carbocycles. The second-order valence-electron chi connectivity index (χ2n) is 5.32. The summed E-state index contributed by atoms with van der Waals surface area (Å²) < 4.78 is 0. The molecule has 0 bridgehead atoms. The van der Waals surface area contributed by atoms with Crippen LogP contribution in [0.3, 0.4) is 0 Å². The summed E-state index contributed by atoms with van der Waals surface area (Å²) in [5.41, 5.74) is 4.54.